The highest BCUT2D eigenvalue weighted by Crippen LogP contribution is 2.17. The first-order valence-corrected chi connectivity index (χ1v) is 6.49. The lowest BCUT2D eigenvalue weighted by Gasteiger charge is -2.08. The average molecular weight is 262 g/mol. The Morgan fingerprint density at radius 2 is 2.18 bits per heavy atom. The predicted molar refractivity (Wildman–Crippen MR) is 62.5 cm³/mol. The molecule has 96 valence electrons. The number of nitrogens with one attached hydrogen (secondary N) is 1. The van der Waals surface area contributed by atoms with Gasteiger partial charge >= 0.3 is 0 Å². The van der Waals surface area contributed by atoms with Gasteiger partial charge < -0.3 is 10.5 Å². The van der Waals surface area contributed by atoms with E-state index in [9.17, 15) is 12.8 Å². The summed E-state index contributed by atoms with van der Waals surface area (Å²) in [7, 11) is -2.33. The summed E-state index contributed by atoms with van der Waals surface area (Å²) in [5, 5.41) is 0. The number of rotatable bonds is 6. The largest absolute Gasteiger partial charge is 0.399 e. The predicted octanol–water partition coefficient (Wildman–Crippen LogP) is 0.723. The number of hydrogen-bond acceptors (Lipinski definition) is 4. The third-order valence-electron chi connectivity index (χ3n) is 2.06. The van der Waals surface area contributed by atoms with Crippen molar-refractivity contribution in [3.63, 3.8) is 0 Å². The van der Waals surface area contributed by atoms with Gasteiger partial charge in [-0.25, -0.2) is 17.5 Å². The Balaban J connectivity index is 2.79. The Labute approximate surface area is 99.8 Å². The quantitative estimate of drug-likeness (QED) is 0.584. The molecule has 7 heteroatoms. The van der Waals surface area contributed by atoms with Gasteiger partial charge in [0.25, 0.3) is 0 Å². The average Bonchev–Trinajstić information content (AvgIpc) is 2.28. The summed E-state index contributed by atoms with van der Waals surface area (Å²) in [4.78, 5) is -0.435. The molecular weight excluding hydrogens is 247 g/mol. The molecule has 0 aliphatic heterocycles. The molecular formula is C10H15FN2O3S. The van der Waals surface area contributed by atoms with Crippen LogP contribution in [0.1, 0.15) is 6.42 Å². The van der Waals surface area contributed by atoms with Crippen LogP contribution in [0.25, 0.3) is 0 Å². The number of hydrogen-bond donors (Lipinski definition) is 2. The van der Waals surface area contributed by atoms with Crippen LogP contribution in [0.15, 0.2) is 23.1 Å². The van der Waals surface area contributed by atoms with Crippen LogP contribution in [0.5, 0.6) is 0 Å². The molecule has 3 N–H and O–H groups in total. The number of methoxy groups -OCH3 is 1. The molecule has 1 rings (SSSR count). The van der Waals surface area contributed by atoms with Crippen LogP contribution in [0, 0.1) is 5.82 Å². The Kier molecular flexibility index (Phi) is 4.86. The van der Waals surface area contributed by atoms with E-state index in [1.54, 1.807) is 0 Å². The van der Waals surface area contributed by atoms with Gasteiger partial charge in [0.1, 0.15) is 10.7 Å². The van der Waals surface area contributed by atoms with Gasteiger partial charge in [0.2, 0.25) is 10.0 Å². The standard InChI is InChI=1S/C10H15FN2O3S/c1-16-6-2-5-13-17(14,15)10-7-8(12)3-4-9(10)11/h3-4,7,13H,2,5-6,12H2,1H3. The normalized spacial score (nSPS) is 11.6. The minimum absolute atomic E-state index is 0.185. The number of anilines is 1. The van der Waals surface area contributed by atoms with Gasteiger partial charge in [0, 0.05) is 25.9 Å². The highest BCUT2D eigenvalue weighted by atomic mass is 32.2. The van der Waals surface area contributed by atoms with Crippen molar-refractivity contribution in [1.29, 1.82) is 0 Å². The molecule has 0 saturated heterocycles. The minimum atomic E-state index is -3.85. The zero-order chi connectivity index (χ0) is 12.9. The Hall–Kier alpha value is -1.18. The van der Waals surface area contributed by atoms with Gasteiger partial charge in [0.15, 0.2) is 0 Å². The van der Waals surface area contributed by atoms with E-state index >= 15 is 0 Å². The zero-order valence-electron chi connectivity index (χ0n) is 9.44. The number of nitrogens with two attached hydrogens (primary N) is 1. The maximum absolute atomic E-state index is 13.3. The number of nitrogen functional groups attached to an aromatic ring is 1. The van der Waals surface area contributed by atoms with E-state index in [1.807, 2.05) is 0 Å². The van der Waals surface area contributed by atoms with Crippen molar-refractivity contribution in [3.05, 3.63) is 24.0 Å². The maximum atomic E-state index is 13.3. The highest BCUT2D eigenvalue weighted by Gasteiger charge is 2.18. The van der Waals surface area contributed by atoms with Crippen LogP contribution in [0.3, 0.4) is 0 Å². The monoisotopic (exact) mass is 262 g/mol. The molecule has 0 unspecified atom stereocenters. The lowest BCUT2D eigenvalue weighted by Crippen LogP contribution is -2.26. The first-order valence-electron chi connectivity index (χ1n) is 5.01. The lowest BCUT2D eigenvalue weighted by atomic mass is 10.3. The summed E-state index contributed by atoms with van der Waals surface area (Å²) >= 11 is 0. The summed E-state index contributed by atoms with van der Waals surface area (Å²) in [5.41, 5.74) is 5.62. The van der Waals surface area contributed by atoms with Crippen LogP contribution in [0.4, 0.5) is 10.1 Å². The van der Waals surface area contributed by atoms with E-state index in [0.29, 0.717) is 13.0 Å². The van der Waals surface area contributed by atoms with E-state index in [2.05, 4.69) is 4.72 Å². The zero-order valence-corrected chi connectivity index (χ0v) is 10.3. The van der Waals surface area contributed by atoms with E-state index in [0.717, 1.165) is 12.1 Å². The number of sulfonamides is 1. The summed E-state index contributed by atoms with van der Waals surface area (Å²) in [6, 6.07) is 3.42. The molecule has 0 atom stereocenters. The van der Waals surface area contributed by atoms with Gasteiger partial charge in [0.05, 0.1) is 0 Å². The summed E-state index contributed by atoms with van der Waals surface area (Å²) in [6.45, 7) is 0.617. The molecule has 0 spiro atoms. The summed E-state index contributed by atoms with van der Waals surface area (Å²) in [6.07, 6.45) is 0.514. The fourth-order valence-corrected chi connectivity index (χ4v) is 2.41. The molecule has 0 saturated carbocycles. The lowest BCUT2D eigenvalue weighted by molar-refractivity contribution is 0.196. The van der Waals surface area contributed by atoms with E-state index < -0.39 is 20.7 Å². The van der Waals surface area contributed by atoms with Crippen molar-refractivity contribution in [2.45, 2.75) is 11.3 Å². The number of halogens is 1. The second kappa shape index (κ2) is 5.95. The van der Waals surface area contributed by atoms with Crippen LogP contribution >= 0.6 is 0 Å². The smallest absolute Gasteiger partial charge is 0.243 e. The second-order valence-electron chi connectivity index (χ2n) is 3.43. The molecule has 0 aromatic heterocycles. The van der Waals surface area contributed by atoms with Crippen molar-refractivity contribution >= 4 is 15.7 Å². The number of ether oxygens (including phenoxy) is 1. The molecule has 0 bridgehead atoms. The van der Waals surface area contributed by atoms with Gasteiger partial charge in [-0.3, -0.25) is 0 Å². The minimum Gasteiger partial charge on any atom is -0.399 e. The van der Waals surface area contributed by atoms with E-state index in [1.165, 1.54) is 13.2 Å². The molecule has 0 radical (unpaired) electrons. The third-order valence-corrected chi connectivity index (χ3v) is 3.54. The van der Waals surface area contributed by atoms with Crippen molar-refractivity contribution in [1.82, 2.24) is 4.72 Å². The highest BCUT2D eigenvalue weighted by molar-refractivity contribution is 7.89. The van der Waals surface area contributed by atoms with Gasteiger partial charge in [-0.15, -0.1) is 0 Å². The van der Waals surface area contributed by atoms with Crippen LogP contribution in [-0.2, 0) is 14.8 Å². The molecule has 17 heavy (non-hydrogen) atoms. The van der Waals surface area contributed by atoms with Crippen LogP contribution in [0.2, 0.25) is 0 Å². The third kappa shape index (κ3) is 3.95. The Bertz CT molecular complexity index is 476. The molecule has 0 fully saturated rings. The summed E-state index contributed by atoms with van der Waals surface area (Å²) in [5.74, 6) is -0.821. The second-order valence-corrected chi connectivity index (χ2v) is 5.17. The van der Waals surface area contributed by atoms with E-state index in [4.69, 9.17) is 10.5 Å². The fourth-order valence-electron chi connectivity index (χ4n) is 1.23. The van der Waals surface area contributed by atoms with Gasteiger partial charge in [-0.1, -0.05) is 0 Å². The molecule has 0 amide bonds. The van der Waals surface area contributed by atoms with Crippen LogP contribution in [-0.4, -0.2) is 28.7 Å². The SMILES string of the molecule is COCCCNS(=O)(=O)c1cc(N)ccc1F. The van der Waals surface area contributed by atoms with Crippen LogP contribution < -0.4 is 10.5 Å². The maximum Gasteiger partial charge on any atom is 0.243 e. The Morgan fingerprint density at radius 3 is 2.82 bits per heavy atom. The van der Waals surface area contributed by atoms with E-state index in [-0.39, 0.29) is 12.2 Å². The fraction of sp³-hybridized carbons (Fsp3) is 0.400. The molecule has 5 nitrogen and oxygen atoms in total. The number of benzene rings is 1. The van der Waals surface area contributed by atoms with Gasteiger partial charge in [-0.05, 0) is 24.6 Å². The van der Waals surface area contributed by atoms with Crippen molar-refractivity contribution in [2.75, 3.05) is 26.0 Å². The Morgan fingerprint density at radius 1 is 1.47 bits per heavy atom. The first-order chi connectivity index (χ1) is 7.97. The van der Waals surface area contributed by atoms with Crippen molar-refractivity contribution in [2.24, 2.45) is 0 Å². The molecule has 1 aromatic carbocycles. The molecule has 1 aromatic rings. The first kappa shape index (κ1) is 13.9. The summed E-state index contributed by atoms with van der Waals surface area (Å²) < 4.78 is 43.8. The van der Waals surface area contributed by atoms with Crippen molar-refractivity contribution in [3.8, 4) is 0 Å². The molecule has 0 heterocycles. The molecule has 0 aliphatic carbocycles. The topological polar surface area (TPSA) is 81.4 Å². The van der Waals surface area contributed by atoms with Crippen molar-refractivity contribution < 1.29 is 17.5 Å². The van der Waals surface area contributed by atoms with Gasteiger partial charge in [-0.2, -0.15) is 0 Å². The molecule has 0 aliphatic rings.